The third-order valence-electron chi connectivity index (χ3n) is 4.07. The molecule has 1 N–H and O–H groups in total. The fraction of sp³-hybridized carbons (Fsp3) is 0.786. The molecular weight excluding hydrogens is 511 g/mol. The van der Waals surface area contributed by atoms with Crippen molar-refractivity contribution in [3.05, 3.63) is 0 Å². The van der Waals surface area contributed by atoms with Crippen LogP contribution in [0.3, 0.4) is 0 Å². The maximum Gasteiger partial charge on any atom is 0.330 e. The summed E-state index contributed by atoms with van der Waals surface area (Å²) in [5, 5.41) is 2.43. The molecule has 2 saturated heterocycles. The van der Waals surface area contributed by atoms with Crippen LogP contribution in [0, 0.1) is 0 Å². The van der Waals surface area contributed by atoms with Crippen molar-refractivity contribution in [3.8, 4) is 0 Å². The average molecular weight is 530 g/mol. The van der Waals surface area contributed by atoms with Gasteiger partial charge in [0.2, 0.25) is 24.5 Å². The molecule has 1 unspecified atom stereocenters. The molecule has 0 saturated carbocycles. The van der Waals surface area contributed by atoms with Gasteiger partial charge in [-0.15, -0.1) is 11.8 Å². The summed E-state index contributed by atoms with van der Waals surface area (Å²) >= 11 is 21.9. The number of ether oxygens (including phenoxy) is 1. The van der Waals surface area contributed by atoms with E-state index in [1.807, 2.05) is 20.8 Å². The topological polar surface area (TPSA) is 75.7 Å². The lowest BCUT2D eigenvalue weighted by Gasteiger charge is -2.48. The van der Waals surface area contributed by atoms with E-state index in [1.54, 1.807) is 0 Å². The van der Waals surface area contributed by atoms with Crippen molar-refractivity contribution < 1.29 is 19.1 Å². The highest BCUT2D eigenvalue weighted by Crippen LogP contribution is 2.58. The highest BCUT2D eigenvalue weighted by atomic mass is 79.9. The van der Waals surface area contributed by atoms with Crippen LogP contribution in [0.1, 0.15) is 27.7 Å². The van der Waals surface area contributed by atoms with Crippen LogP contribution in [0.15, 0.2) is 0 Å². The second-order valence-electron chi connectivity index (χ2n) is 6.45. The molecule has 12 heteroatoms. The Morgan fingerprint density at radius 1 is 1.42 bits per heavy atom. The van der Waals surface area contributed by atoms with Crippen LogP contribution in [0.4, 0.5) is 0 Å². The first-order valence-electron chi connectivity index (χ1n) is 7.68. The lowest BCUT2D eigenvalue weighted by molar-refractivity contribution is -0.166. The number of nitrogens with zero attached hydrogens (tertiary/aromatic N) is 1. The maximum absolute atomic E-state index is 13.1. The number of rotatable bonds is 5. The van der Waals surface area contributed by atoms with E-state index in [2.05, 4.69) is 20.1 Å². The van der Waals surface area contributed by atoms with Gasteiger partial charge in [0.15, 0.2) is 5.37 Å². The van der Waals surface area contributed by atoms with Crippen molar-refractivity contribution in [1.29, 1.82) is 0 Å². The van der Waals surface area contributed by atoms with E-state index in [4.69, 9.17) is 39.5 Å². The van der Waals surface area contributed by atoms with Crippen molar-refractivity contribution in [2.45, 2.75) is 52.5 Å². The molecule has 2 amide bonds. The fourth-order valence-corrected chi connectivity index (χ4v) is 8.23. The summed E-state index contributed by atoms with van der Waals surface area (Å²) in [5.74, 6) is -0.593. The normalized spacial score (nSPS) is 31.1. The van der Waals surface area contributed by atoms with Gasteiger partial charge in [-0.1, -0.05) is 34.8 Å². The number of carbonyl (C=O) groups excluding carboxylic acids is 3. The first-order valence-corrected chi connectivity index (χ1v) is 12.9. The molecule has 0 aromatic heterocycles. The van der Waals surface area contributed by atoms with Gasteiger partial charge in [0.25, 0.3) is 0 Å². The minimum atomic E-state index is -1.73. The zero-order valence-corrected chi connectivity index (χ0v) is 20.0. The molecule has 4 atom stereocenters. The van der Waals surface area contributed by atoms with Crippen molar-refractivity contribution in [2.24, 2.45) is 0 Å². The largest absolute Gasteiger partial charge is 0.460 e. The molecule has 0 bridgehead atoms. The number of carbonyl (C=O) groups is 3. The molecule has 6 nitrogen and oxygen atoms in total. The molecule has 2 aliphatic rings. The Morgan fingerprint density at radius 2 is 2.00 bits per heavy atom. The summed E-state index contributed by atoms with van der Waals surface area (Å²) in [6.07, 6.45) is 0. The number of nitrogens with one attached hydrogen (secondary N) is 1. The Kier molecular flexibility index (Phi) is 6.74. The van der Waals surface area contributed by atoms with Crippen molar-refractivity contribution in [3.63, 3.8) is 0 Å². The molecule has 0 aromatic rings. The first kappa shape index (κ1) is 22.7. The Morgan fingerprint density at radius 3 is 2.46 bits per heavy atom. The number of fused-ring (bicyclic) bond motifs is 1. The number of esters is 1. The third kappa shape index (κ3) is 3.94. The van der Waals surface area contributed by atoms with Gasteiger partial charge in [0.05, 0.1) is 0 Å². The summed E-state index contributed by atoms with van der Waals surface area (Å²) in [7, 11) is -0.581. The smallest absolute Gasteiger partial charge is 0.330 e. The van der Waals surface area contributed by atoms with Gasteiger partial charge in [-0.25, -0.2) is 4.79 Å². The average Bonchev–Trinajstić information content (AvgIpc) is 2.77. The van der Waals surface area contributed by atoms with Crippen LogP contribution in [0.25, 0.3) is 0 Å². The lowest BCUT2D eigenvalue weighted by Crippen LogP contribution is -2.81. The van der Waals surface area contributed by atoms with Crippen LogP contribution >= 0.6 is 61.4 Å². The van der Waals surface area contributed by atoms with Gasteiger partial charge < -0.3 is 9.64 Å². The molecule has 0 aromatic carbocycles. The van der Waals surface area contributed by atoms with Crippen molar-refractivity contribution >= 4 is 88.5 Å². The molecule has 2 aliphatic heterocycles. The van der Waals surface area contributed by atoms with E-state index in [0.29, 0.717) is 5.75 Å². The summed E-state index contributed by atoms with van der Waals surface area (Å²) in [6, 6.07) is -0.833. The number of amides is 2. The summed E-state index contributed by atoms with van der Waals surface area (Å²) in [6.45, 7) is 6.59. The van der Waals surface area contributed by atoms with Crippen LogP contribution in [0.2, 0.25) is 0 Å². The monoisotopic (exact) mass is 527 g/mol. The zero-order valence-electron chi connectivity index (χ0n) is 14.5. The number of hydrogen-bond acceptors (Lipinski definition) is 5. The lowest BCUT2D eigenvalue weighted by atomic mass is 9.95. The molecule has 0 radical (unpaired) electrons. The molecule has 0 aliphatic carbocycles. The van der Waals surface area contributed by atoms with E-state index in [0.717, 1.165) is 0 Å². The van der Waals surface area contributed by atoms with Gasteiger partial charge in [-0.2, -0.15) is 0 Å². The van der Waals surface area contributed by atoms with Gasteiger partial charge in [0.1, 0.15) is 27.7 Å². The fourth-order valence-electron chi connectivity index (χ4n) is 3.11. The maximum atomic E-state index is 13.1. The Labute approximate surface area is 181 Å². The Hall–Kier alpha value is 0.460. The van der Waals surface area contributed by atoms with Crippen LogP contribution in [-0.4, -0.2) is 59.9 Å². The Bertz CT molecular complexity index is 634. The second kappa shape index (κ2) is 7.71. The van der Waals surface area contributed by atoms with Crippen LogP contribution in [-0.2, 0) is 28.4 Å². The van der Waals surface area contributed by atoms with E-state index < -0.39 is 41.4 Å². The van der Waals surface area contributed by atoms with E-state index in [-0.39, 0.29) is 17.2 Å². The SMILES string of the molecule is CC[S+](Br)[C@]1(NC(C)=O)C(=O)N2[C@@H](C(=O)OCC(Cl)(Cl)Cl)C(C)(C)S[C@@H]21. The summed E-state index contributed by atoms with van der Waals surface area (Å²) in [5.41, 5.74) is 0. The molecule has 2 heterocycles. The van der Waals surface area contributed by atoms with Crippen molar-refractivity contribution in [2.75, 3.05) is 12.4 Å². The predicted octanol–water partition coefficient (Wildman–Crippen LogP) is 2.74. The predicted molar refractivity (Wildman–Crippen MR) is 111 cm³/mol. The number of hydrogen-bond donors (Lipinski definition) is 1. The minimum Gasteiger partial charge on any atom is -0.460 e. The zero-order chi connectivity index (χ0) is 20.1. The molecule has 148 valence electrons. The molecular formula is C14H19BrCl3N2O4S2+. The standard InChI is InChI=1S/C14H18BrCl3N2O4S2/c1-5-26(15)14(19-7(2)21)10(23)20-8(12(3,4)25-11(14)20)9(22)24-6-13(16,17)18/h8,11H,5-6H2,1-4H3/p+1/t8-,11+,14+,26?/m0/s1. The number of β-lactam (4-membered cyclic amide) rings is 1. The van der Waals surface area contributed by atoms with Gasteiger partial charge in [0, 0.05) is 11.7 Å². The summed E-state index contributed by atoms with van der Waals surface area (Å²) < 4.78 is 2.77. The number of thioether (sulfide) groups is 1. The first-order chi connectivity index (χ1) is 11.8. The number of alkyl halides is 3. The molecule has 2 rings (SSSR count). The second-order valence-corrected chi connectivity index (χ2v) is 14.9. The minimum absolute atomic E-state index is 0.302. The van der Waals surface area contributed by atoms with Crippen molar-refractivity contribution in [1.82, 2.24) is 10.2 Å². The van der Waals surface area contributed by atoms with E-state index >= 15 is 0 Å². The van der Waals surface area contributed by atoms with Crippen LogP contribution < -0.4 is 5.32 Å². The number of halogens is 4. The molecule has 0 spiro atoms. The van der Waals surface area contributed by atoms with Gasteiger partial charge in [-0.05, 0) is 20.8 Å². The highest BCUT2D eigenvalue weighted by molar-refractivity contribution is 9.48. The van der Waals surface area contributed by atoms with Crippen LogP contribution in [0.5, 0.6) is 0 Å². The third-order valence-corrected chi connectivity index (χ3v) is 10.8. The quantitative estimate of drug-likeness (QED) is 0.257. The highest BCUT2D eigenvalue weighted by Gasteiger charge is 2.79. The molecule has 26 heavy (non-hydrogen) atoms. The van der Waals surface area contributed by atoms with Gasteiger partial charge in [-0.3, -0.25) is 14.9 Å². The Balaban J connectivity index is 2.31. The van der Waals surface area contributed by atoms with Gasteiger partial charge >= 0.3 is 16.7 Å². The van der Waals surface area contributed by atoms with E-state index in [1.165, 1.54) is 23.6 Å². The van der Waals surface area contributed by atoms with E-state index in [9.17, 15) is 14.4 Å². The summed E-state index contributed by atoms with van der Waals surface area (Å²) in [4.78, 5) is 37.9. The molecule has 2 fully saturated rings.